The van der Waals surface area contributed by atoms with Gasteiger partial charge in [-0.1, -0.05) is 17.7 Å². The van der Waals surface area contributed by atoms with Crippen LogP contribution in [0.2, 0.25) is 5.02 Å². The number of amides is 1. The molecule has 6 rings (SSSR count). The summed E-state index contributed by atoms with van der Waals surface area (Å²) in [4.78, 5) is 17.9. The molecule has 8 nitrogen and oxygen atoms in total. The summed E-state index contributed by atoms with van der Waals surface area (Å²) in [6.45, 7) is 1.07. The Bertz CT molecular complexity index is 1620. The third-order valence-electron chi connectivity index (χ3n) is 7.02. The number of pyridine rings is 1. The third-order valence-corrected chi connectivity index (χ3v) is 9.08. The van der Waals surface area contributed by atoms with E-state index in [0.717, 1.165) is 45.2 Å². The number of fused-ring (bicyclic) bond motifs is 4. The van der Waals surface area contributed by atoms with E-state index < -0.39 is 10.0 Å². The molecule has 1 N–H and O–H groups in total. The number of nitrogens with one attached hydrogen (secondary N) is 1. The van der Waals surface area contributed by atoms with Crippen molar-refractivity contribution in [3.63, 3.8) is 0 Å². The average Bonchev–Trinajstić information content (AvgIpc) is 3.32. The second kappa shape index (κ2) is 8.62. The lowest BCUT2D eigenvalue weighted by Gasteiger charge is -2.34. The summed E-state index contributed by atoms with van der Waals surface area (Å²) in [5.74, 6) is -0.105. The number of aromatic nitrogens is 2. The maximum Gasteiger partial charge on any atom is 0.258 e. The van der Waals surface area contributed by atoms with Crippen LogP contribution >= 0.6 is 11.6 Å². The number of aromatic amines is 1. The highest BCUT2D eigenvalue weighted by Crippen LogP contribution is 2.33. The Balaban J connectivity index is 1.17. The number of rotatable bonds is 3. The van der Waals surface area contributed by atoms with Gasteiger partial charge in [0.15, 0.2) is 12.4 Å². The van der Waals surface area contributed by atoms with E-state index in [-0.39, 0.29) is 24.0 Å². The molecular weight excluding hydrogens is 500 g/mol. The normalized spacial score (nSPS) is 16.1. The predicted molar refractivity (Wildman–Crippen MR) is 136 cm³/mol. The molecule has 2 aliphatic rings. The number of H-pyrrole nitrogens is 1. The molecule has 1 saturated heterocycles. The second-order valence-electron chi connectivity index (χ2n) is 9.18. The number of carbonyl (C=O) groups is 1. The van der Waals surface area contributed by atoms with Crippen LogP contribution in [0.1, 0.15) is 21.5 Å². The molecule has 4 aromatic rings. The number of benzene rings is 2. The number of carbonyl (C=O) groups excluding carboxylic acids is 1. The van der Waals surface area contributed by atoms with Crippen molar-refractivity contribution in [1.29, 1.82) is 0 Å². The van der Waals surface area contributed by atoms with Crippen LogP contribution in [0.25, 0.3) is 22.0 Å². The quantitative estimate of drug-likeness (QED) is 0.329. The maximum absolute atomic E-state index is 13.2. The van der Waals surface area contributed by atoms with Crippen molar-refractivity contribution in [2.75, 3.05) is 26.2 Å². The maximum atomic E-state index is 13.2. The first-order valence-electron chi connectivity index (χ1n) is 11.7. The molecule has 0 saturated carbocycles. The van der Waals surface area contributed by atoms with E-state index in [4.69, 9.17) is 11.6 Å². The summed E-state index contributed by atoms with van der Waals surface area (Å²) < 4.78 is 28.6. The van der Waals surface area contributed by atoms with E-state index in [2.05, 4.69) is 4.98 Å². The molecule has 36 heavy (non-hydrogen) atoms. The van der Waals surface area contributed by atoms with E-state index in [1.54, 1.807) is 35.4 Å². The molecule has 0 bridgehead atoms. The van der Waals surface area contributed by atoms with E-state index in [1.807, 2.05) is 24.3 Å². The lowest BCUT2D eigenvalue weighted by molar-refractivity contribution is -0.605. The average molecular weight is 523 g/mol. The van der Waals surface area contributed by atoms with Crippen molar-refractivity contribution in [2.45, 2.75) is 17.9 Å². The van der Waals surface area contributed by atoms with Crippen molar-refractivity contribution in [3.05, 3.63) is 87.8 Å². The van der Waals surface area contributed by atoms with Gasteiger partial charge in [0, 0.05) is 59.3 Å². The van der Waals surface area contributed by atoms with E-state index in [9.17, 15) is 18.4 Å². The van der Waals surface area contributed by atoms with Crippen LogP contribution in [0.4, 0.5) is 0 Å². The number of piperazine rings is 1. The molecule has 184 valence electrons. The van der Waals surface area contributed by atoms with Gasteiger partial charge in [-0.25, -0.2) is 8.42 Å². The molecule has 0 spiro atoms. The highest BCUT2D eigenvalue weighted by atomic mass is 35.5. The van der Waals surface area contributed by atoms with E-state index >= 15 is 0 Å². The highest BCUT2D eigenvalue weighted by molar-refractivity contribution is 7.89. The van der Waals surface area contributed by atoms with Crippen LogP contribution in [0, 0.1) is 5.21 Å². The minimum Gasteiger partial charge on any atom is -0.619 e. The van der Waals surface area contributed by atoms with Gasteiger partial charge in [0.25, 0.3) is 15.9 Å². The molecule has 1 aliphatic carbocycles. The Labute approximate surface area is 213 Å². The molecule has 0 radical (unpaired) electrons. The van der Waals surface area contributed by atoms with Gasteiger partial charge < -0.3 is 15.1 Å². The molecular formula is C26H23ClN4O4S. The Hall–Kier alpha value is -3.40. The number of hydrogen-bond donors (Lipinski definition) is 1. The molecule has 1 amide bonds. The van der Waals surface area contributed by atoms with Crippen LogP contribution < -0.4 is 4.73 Å². The fraction of sp³-hybridized carbons (Fsp3) is 0.231. The van der Waals surface area contributed by atoms with Crippen molar-refractivity contribution in [3.8, 4) is 11.1 Å². The first-order chi connectivity index (χ1) is 17.3. The summed E-state index contributed by atoms with van der Waals surface area (Å²) in [6.07, 6.45) is 4.61. The first-order valence-corrected chi connectivity index (χ1v) is 13.5. The molecule has 0 unspecified atom stereocenters. The molecule has 2 aromatic carbocycles. The van der Waals surface area contributed by atoms with Crippen LogP contribution in [0.5, 0.6) is 0 Å². The topological polar surface area (TPSA) is 100 Å². The van der Waals surface area contributed by atoms with Crippen LogP contribution in [0.3, 0.4) is 0 Å². The highest BCUT2D eigenvalue weighted by Gasteiger charge is 2.32. The van der Waals surface area contributed by atoms with Crippen molar-refractivity contribution in [1.82, 2.24) is 14.2 Å². The van der Waals surface area contributed by atoms with Crippen molar-refractivity contribution < 1.29 is 17.9 Å². The van der Waals surface area contributed by atoms with Gasteiger partial charge in [0.1, 0.15) is 5.03 Å². The fourth-order valence-electron chi connectivity index (χ4n) is 5.12. The van der Waals surface area contributed by atoms with Gasteiger partial charge in [0.2, 0.25) is 0 Å². The second-order valence-corrected chi connectivity index (χ2v) is 11.5. The van der Waals surface area contributed by atoms with Crippen LogP contribution in [0.15, 0.2) is 66.0 Å². The summed E-state index contributed by atoms with van der Waals surface area (Å²) in [5.41, 5.74) is 5.46. The Morgan fingerprint density at radius 3 is 2.50 bits per heavy atom. The molecule has 2 aromatic heterocycles. The largest absolute Gasteiger partial charge is 0.619 e. The number of nitrogens with zero attached hydrogens (tertiary/aromatic N) is 3. The Morgan fingerprint density at radius 2 is 1.69 bits per heavy atom. The number of sulfonamides is 1. The molecule has 1 aliphatic heterocycles. The molecule has 10 heteroatoms. The molecule has 0 atom stereocenters. The van der Waals surface area contributed by atoms with Crippen molar-refractivity contribution in [2.24, 2.45) is 0 Å². The van der Waals surface area contributed by atoms with Gasteiger partial charge in [-0.15, -0.1) is 0 Å². The van der Waals surface area contributed by atoms with Gasteiger partial charge in [0.05, 0.1) is 0 Å². The van der Waals surface area contributed by atoms with E-state index in [1.165, 1.54) is 10.5 Å². The summed E-state index contributed by atoms with van der Waals surface area (Å²) in [6, 6.07) is 14.3. The molecule has 3 heterocycles. The molecule has 1 fully saturated rings. The van der Waals surface area contributed by atoms with E-state index in [0.29, 0.717) is 29.2 Å². The number of halogens is 1. The number of hydrogen-bond acceptors (Lipinski definition) is 4. The fourth-order valence-corrected chi connectivity index (χ4v) is 6.74. The first kappa shape index (κ1) is 23.0. The van der Waals surface area contributed by atoms with Crippen LogP contribution in [-0.2, 0) is 22.9 Å². The standard InChI is InChI=1S/C26H23ClN4O4S/c27-21-4-6-24-20(14-21)15-25(28-24)36(34,35)31-11-9-29(10-12-31)26(32)18-3-5-22-17(13-18)1-2-19-16-30(33)8-7-23(19)22/h3-8,13-16,28H,1-2,9-12H2. The van der Waals surface area contributed by atoms with Gasteiger partial charge in [-0.05, 0) is 65.9 Å². The SMILES string of the molecule is O=C(c1ccc2c(c1)CCc1c[n+]([O-])ccc1-2)N1CCN(S(=O)(=O)c2cc3cc(Cl)ccc3[nH]2)CC1. The Morgan fingerprint density at radius 1 is 0.944 bits per heavy atom. The minimum atomic E-state index is -3.72. The van der Waals surface area contributed by atoms with Gasteiger partial charge >= 0.3 is 0 Å². The smallest absolute Gasteiger partial charge is 0.258 e. The summed E-state index contributed by atoms with van der Waals surface area (Å²) in [7, 11) is -3.72. The monoisotopic (exact) mass is 522 g/mol. The summed E-state index contributed by atoms with van der Waals surface area (Å²) >= 11 is 6.03. The lowest BCUT2D eigenvalue weighted by Crippen LogP contribution is -2.50. The minimum absolute atomic E-state index is 0.105. The number of aryl methyl sites for hydroxylation is 2. The lowest BCUT2D eigenvalue weighted by atomic mass is 9.86. The zero-order valence-electron chi connectivity index (χ0n) is 19.3. The zero-order chi connectivity index (χ0) is 25.0. The zero-order valence-corrected chi connectivity index (χ0v) is 20.8. The third kappa shape index (κ3) is 3.93. The summed E-state index contributed by atoms with van der Waals surface area (Å²) in [5, 5.41) is 13.0. The predicted octanol–water partition coefficient (Wildman–Crippen LogP) is 3.37. The van der Waals surface area contributed by atoms with Crippen molar-refractivity contribution >= 4 is 38.4 Å². The van der Waals surface area contributed by atoms with Gasteiger partial charge in [-0.2, -0.15) is 9.04 Å². The van der Waals surface area contributed by atoms with Gasteiger partial charge in [-0.3, -0.25) is 4.79 Å². The Kier molecular flexibility index (Phi) is 5.51. The van der Waals surface area contributed by atoms with Crippen LogP contribution in [-0.4, -0.2) is 54.7 Å².